The van der Waals surface area contributed by atoms with E-state index in [1.165, 1.54) is 7.11 Å². The molecule has 0 atom stereocenters. The molecule has 0 bridgehead atoms. The van der Waals surface area contributed by atoms with E-state index < -0.39 is 16.8 Å². The highest BCUT2D eigenvalue weighted by molar-refractivity contribution is 5.67. The molecule has 0 heterocycles. The summed E-state index contributed by atoms with van der Waals surface area (Å²) in [5.74, 6) is -0.635. The van der Waals surface area contributed by atoms with Crippen LogP contribution in [-0.2, 0) is 4.74 Å². The van der Waals surface area contributed by atoms with Crippen molar-refractivity contribution in [3.8, 4) is 5.75 Å². The molecule has 8 heteroatoms. The second-order valence-corrected chi connectivity index (χ2v) is 5.50. The molecule has 1 aromatic carbocycles. The first-order valence-electron chi connectivity index (χ1n) is 7.33. The molecule has 0 unspecified atom stereocenters. The fourth-order valence-corrected chi connectivity index (χ4v) is 2.76. The topological polar surface area (TPSA) is 81.9 Å². The first kappa shape index (κ1) is 17.0. The number of halogens is 1. The predicted octanol–water partition coefficient (Wildman–Crippen LogP) is 3.12. The molecule has 2 rings (SSSR count). The number of nitro benzene ring substituents is 1. The molecule has 0 aromatic heterocycles. The van der Waals surface area contributed by atoms with E-state index in [1.54, 1.807) is 11.9 Å². The van der Waals surface area contributed by atoms with Crippen LogP contribution in [0.15, 0.2) is 18.2 Å². The van der Waals surface area contributed by atoms with Gasteiger partial charge >= 0.3 is 11.8 Å². The summed E-state index contributed by atoms with van der Waals surface area (Å²) in [6.45, 7) is 0. The molecule has 0 aliphatic heterocycles. The van der Waals surface area contributed by atoms with Gasteiger partial charge in [0.2, 0.25) is 0 Å². The maximum atomic E-state index is 13.3. The van der Waals surface area contributed by atoms with Gasteiger partial charge in [-0.05, 0) is 31.7 Å². The zero-order valence-corrected chi connectivity index (χ0v) is 13.0. The first-order chi connectivity index (χ1) is 10.9. The number of hydrogen-bond donors (Lipinski definition) is 0. The molecule has 0 radical (unpaired) electrons. The van der Waals surface area contributed by atoms with Crippen molar-refractivity contribution in [2.45, 2.75) is 37.8 Å². The third-order valence-electron chi connectivity index (χ3n) is 4.07. The van der Waals surface area contributed by atoms with E-state index in [1.807, 2.05) is 0 Å². The number of nitrogens with zero attached hydrogens (tertiary/aromatic N) is 2. The zero-order chi connectivity index (χ0) is 17.0. The van der Waals surface area contributed by atoms with Crippen LogP contribution in [0.3, 0.4) is 0 Å². The summed E-state index contributed by atoms with van der Waals surface area (Å²) < 4.78 is 23.6. The normalized spacial score (nSPS) is 20.7. The number of rotatable bonds is 4. The molecule has 23 heavy (non-hydrogen) atoms. The maximum Gasteiger partial charge on any atom is 0.409 e. The standard InChI is InChI=1S/C15H19FN2O5/c1-17(15(19)22-2)11-4-6-12(7-5-11)23-14-9-10(16)3-8-13(14)18(20)21/h3,8-9,11-12H,4-7H2,1-2H3/t11-,12-. The van der Waals surface area contributed by atoms with Gasteiger partial charge in [0, 0.05) is 25.2 Å². The van der Waals surface area contributed by atoms with Crippen molar-refractivity contribution < 1.29 is 23.6 Å². The Labute approximate surface area is 133 Å². The van der Waals surface area contributed by atoms with E-state index in [2.05, 4.69) is 4.74 Å². The monoisotopic (exact) mass is 326 g/mol. The average Bonchev–Trinajstić information content (AvgIpc) is 2.54. The molecular weight excluding hydrogens is 307 g/mol. The van der Waals surface area contributed by atoms with Crippen LogP contribution < -0.4 is 4.74 Å². The highest BCUT2D eigenvalue weighted by Gasteiger charge is 2.29. The second kappa shape index (κ2) is 7.26. The lowest BCUT2D eigenvalue weighted by molar-refractivity contribution is -0.386. The van der Waals surface area contributed by atoms with E-state index in [0.717, 1.165) is 18.2 Å². The number of benzene rings is 1. The molecule has 0 spiro atoms. The van der Waals surface area contributed by atoms with Gasteiger partial charge in [-0.25, -0.2) is 9.18 Å². The lowest BCUT2D eigenvalue weighted by atomic mass is 9.92. The molecule has 126 valence electrons. The second-order valence-electron chi connectivity index (χ2n) is 5.50. The summed E-state index contributed by atoms with van der Waals surface area (Å²) in [6.07, 6.45) is 2.01. The lowest BCUT2D eigenvalue weighted by Gasteiger charge is -2.33. The van der Waals surface area contributed by atoms with E-state index in [9.17, 15) is 19.3 Å². The van der Waals surface area contributed by atoms with Crippen LogP contribution in [0.2, 0.25) is 0 Å². The van der Waals surface area contributed by atoms with Gasteiger partial charge in [0.25, 0.3) is 0 Å². The average molecular weight is 326 g/mol. The molecule has 0 N–H and O–H groups in total. The van der Waals surface area contributed by atoms with Crippen LogP contribution in [0, 0.1) is 15.9 Å². The molecule has 1 aliphatic carbocycles. The Hall–Kier alpha value is -2.38. The fraction of sp³-hybridized carbons (Fsp3) is 0.533. The third-order valence-corrected chi connectivity index (χ3v) is 4.07. The van der Waals surface area contributed by atoms with Gasteiger partial charge in [0.1, 0.15) is 5.82 Å². The number of amides is 1. The number of carbonyl (C=O) groups is 1. The summed E-state index contributed by atoms with van der Waals surface area (Å²) in [5.41, 5.74) is -0.250. The van der Waals surface area contributed by atoms with Crippen molar-refractivity contribution in [3.05, 3.63) is 34.1 Å². The Bertz CT molecular complexity index is 587. The first-order valence-corrected chi connectivity index (χ1v) is 7.33. The summed E-state index contributed by atoms with van der Waals surface area (Å²) in [5, 5.41) is 11.0. The highest BCUT2D eigenvalue weighted by Crippen LogP contribution is 2.32. The lowest BCUT2D eigenvalue weighted by Crippen LogP contribution is -2.41. The molecule has 1 amide bonds. The van der Waals surface area contributed by atoms with Crippen molar-refractivity contribution >= 4 is 11.8 Å². The molecule has 1 aromatic rings. The Balaban J connectivity index is 1.98. The minimum atomic E-state index is -0.592. The van der Waals surface area contributed by atoms with Crippen molar-refractivity contribution in [3.63, 3.8) is 0 Å². The number of carbonyl (C=O) groups excluding carboxylic acids is 1. The van der Waals surface area contributed by atoms with Crippen molar-refractivity contribution in [2.75, 3.05) is 14.2 Å². The Kier molecular flexibility index (Phi) is 5.36. The van der Waals surface area contributed by atoms with E-state index in [4.69, 9.17) is 4.74 Å². The minimum absolute atomic E-state index is 0.0461. The molecule has 1 aliphatic rings. The van der Waals surface area contributed by atoms with Crippen LogP contribution in [0.4, 0.5) is 14.9 Å². The van der Waals surface area contributed by atoms with Gasteiger partial charge < -0.3 is 14.4 Å². The third kappa shape index (κ3) is 4.08. The van der Waals surface area contributed by atoms with Gasteiger partial charge in [0.05, 0.1) is 18.1 Å². The summed E-state index contributed by atoms with van der Waals surface area (Å²) in [6, 6.07) is 3.21. The fourth-order valence-electron chi connectivity index (χ4n) is 2.76. The molecule has 7 nitrogen and oxygen atoms in total. The molecule has 0 saturated heterocycles. The predicted molar refractivity (Wildman–Crippen MR) is 79.9 cm³/mol. The molecule has 1 saturated carbocycles. The number of methoxy groups -OCH3 is 1. The SMILES string of the molecule is COC(=O)N(C)[C@H]1CC[C@H](Oc2cc(F)ccc2[N+](=O)[O-])CC1. The Morgan fingerprint density at radius 3 is 2.57 bits per heavy atom. The van der Waals surface area contributed by atoms with Gasteiger partial charge in [-0.3, -0.25) is 10.1 Å². The van der Waals surface area contributed by atoms with Gasteiger partial charge in [-0.15, -0.1) is 0 Å². The van der Waals surface area contributed by atoms with Crippen molar-refractivity contribution in [1.82, 2.24) is 4.90 Å². The van der Waals surface area contributed by atoms with Crippen LogP contribution >= 0.6 is 0 Å². The quantitative estimate of drug-likeness (QED) is 0.627. The van der Waals surface area contributed by atoms with Crippen LogP contribution in [0.5, 0.6) is 5.75 Å². The van der Waals surface area contributed by atoms with Crippen LogP contribution in [0.25, 0.3) is 0 Å². The summed E-state index contributed by atoms with van der Waals surface area (Å²) in [7, 11) is 3.01. The smallest absolute Gasteiger partial charge is 0.409 e. The van der Waals surface area contributed by atoms with Gasteiger partial charge in [-0.1, -0.05) is 0 Å². The zero-order valence-electron chi connectivity index (χ0n) is 13.0. The summed E-state index contributed by atoms with van der Waals surface area (Å²) in [4.78, 5) is 23.4. The number of nitro groups is 1. The van der Waals surface area contributed by atoms with E-state index >= 15 is 0 Å². The highest BCUT2D eigenvalue weighted by atomic mass is 19.1. The van der Waals surface area contributed by atoms with E-state index in [-0.39, 0.29) is 23.6 Å². The van der Waals surface area contributed by atoms with Gasteiger partial charge in [0.15, 0.2) is 5.75 Å². The molecule has 1 fully saturated rings. The van der Waals surface area contributed by atoms with Crippen LogP contribution in [-0.4, -0.2) is 42.2 Å². The molecular formula is C15H19FN2O5. The minimum Gasteiger partial charge on any atom is -0.483 e. The maximum absolute atomic E-state index is 13.3. The van der Waals surface area contributed by atoms with Crippen molar-refractivity contribution in [2.24, 2.45) is 0 Å². The largest absolute Gasteiger partial charge is 0.483 e. The van der Waals surface area contributed by atoms with Gasteiger partial charge in [-0.2, -0.15) is 0 Å². The van der Waals surface area contributed by atoms with E-state index in [0.29, 0.717) is 25.7 Å². The number of hydrogen-bond acceptors (Lipinski definition) is 5. The summed E-state index contributed by atoms with van der Waals surface area (Å²) >= 11 is 0. The van der Waals surface area contributed by atoms with Crippen LogP contribution in [0.1, 0.15) is 25.7 Å². The number of ether oxygens (including phenoxy) is 2. The Morgan fingerprint density at radius 1 is 1.35 bits per heavy atom. The Morgan fingerprint density at radius 2 is 2.00 bits per heavy atom. The van der Waals surface area contributed by atoms with Crippen molar-refractivity contribution in [1.29, 1.82) is 0 Å².